The van der Waals surface area contributed by atoms with Gasteiger partial charge >= 0.3 is 0 Å². The third-order valence-corrected chi connectivity index (χ3v) is 6.94. The lowest BCUT2D eigenvalue weighted by atomic mass is 10.1. The second-order valence-corrected chi connectivity index (χ2v) is 8.72. The van der Waals surface area contributed by atoms with Gasteiger partial charge in [-0.15, -0.1) is 0 Å². The van der Waals surface area contributed by atoms with Gasteiger partial charge in [0.05, 0.1) is 11.1 Å². The summed E-state index contributed by atoms with van der Waals surface area (Å²) in [5, 5.41) is 1.67. The predicted octanol–water partition coefficient (Wildman–Crippen LogP) is 2.96. The Labute approximate surface area is 162 Å². The normalized spacial score (nSPS) is 16.0. The highest BCUT2D eigenvalue weighted by atomic mass is 35.5. The quantitative estimate of drug-likeness (QED) is 0.672. The maximum Gasteiger partial charge on any atom is 0.246 e. The van der Waals surface area contributed by atoms with E-state index in [1.165, 1.54) is 28.6 Å². The van der Waals surface area contributed by atoms with Crippen LogP contribution >= 0.6 is 11.6 Å². The Morgan fingerprint density at radius 1 is 1.00 bits per heavy atom. The summed E-state index contributed by atoms with van der Waals surface area (Å²) < 4.78 is 40.8. The average Bonchev–Trinajstić information content (AvgIpc) is 2.67. The highest BCUT2D eigenvalue weighted by Gasteiger charge is 2.31. The minimum atomic E-state index is -3.84. The largest absolute Gasteiger partial charge is 0.368 e. The molecule has 0 spiro atoms. The molecule has 0 atom stereocenters. The van der Waals surface area contributed by atoms with E-state index in [0.29, 0.717) is 31.2 Å². The number of aromatic amines is 1. The van der Waals surface area contributed by atoms with Crippen LogP contribution in [0.25, 0.3) is 10.9 Å². The summed E-state index contributed by atoms with van der Waals surface area (Å²) in [6.07, 6.45) is 1.84. The fourth-order valence-electron chi connectivity index (χ4n) is 3.40. The summed E-state index contributed by atoms with van der Waals surface area (Å²) in [4.78, 5) is 5.04. The number of nitrogens with zero attached hydrogens (tertiary/aromatic N) is 2. The topological polar surface area (TPSA) is 54.8 Å². The van der Waals surface area contributed by atoms with Gasteiger partial charge in [0, 0.05) is 43.3 Å². The molecule has 4 rings (SSSR count). The molecule has 1 N–H and O–H groups in total. The number of sulfonamides is 1. The second-order valence-electron chi connectivity index (χ2n) is 6.37. The number of hydrogen-bond acceptors (Lipinski definition) is 3. The first kappa shape index (κ1) is 18.2. The summed E-state index contributed by atoms with van der Waals surface area (Å²) in [6.45, 7) is 1.64. The minimum absolute atomic E-state index is 0.271. The Morgan fingerprint density at radius 2 is 1.74 bits per heavy atom. The van der Waals surface area contributed by atoms with E-state index in [1.807, 2.05) is 30.5 Å². The van der Waals surface area contributed by atoms with Gasteiger partial charge in [-0.25, -0.2) is 17.8 Å². The van der Waals surface area contributed by atoms with E-state index in [9.17, 15) is 12.8 Å². The van der Waals surface area contributed by atoms with E-state index in [0.717, 1.165) is 16.6 Å². The van der Waals surface area contributed by atoms with Crippen molar-refractivity contribution < 1.29 is 17.8 Å². The van der Waals surface area contributed by atoms with Crippen molar-refractivity contribution in [1.82, 2.24) is 4.31 Å². The first-order valence-electron chi connectivity index (χ1n) is 8.56. The highest BCUT2D eigenvalue weighted by Crippen LogP contribution is 2.28. The molecule has 0 amide bonds. The summed E-state index contributed by atoms with van der Waals surface area (Å²) >= 11 is 6.06. The summed E-state index contributed by atoms with van der Waals surface area (Å²) in [6, 6.07) is 13.1. The van der Waals surface area contributed by atoms with Crippen molar-refractivity contribution in [2.24, 2.45) is 0 Å². The van der Waals surface area contributed by atoms with Crippen LogP contribution in [0.1, 0.15) is 0 Å². The molecule has 5 nitrogen and oxygen atoms in total. The molecule has 140 valence electrons. The van der Waals surface area contributed by atoms with Gasteiger partial charge in [0.15, 0.2) is 6.20 Å². The maximum atomic E-state index is 14.0. The van der Waals surface area contributed by atoms with Crippen LogP contribution in [0.3, 0.4) is 0 Å². The molecule has 0 saturated carbocycles. The molecule has 1 fully saturated rings. The monoisotopic (exact) mass is 406 g/mol. The molecule has 1 aliphatic rings. The van der Waals surface area contributed by atoms with Gasteiger partial charge in [-0.1, -0.05) is 23.7 Å². The number of pyridine rings is 1. The number of aromatic nitrogens is 1. The molecule has 1 saturated heterocycles. The molecular weight excluding hydrogens is 389 g/mol. The third-order valence-electron chi connectivity index (χ3n) is 4.77. The molecular formula is C19H18ClFN3O2S+. The molecule has 0 unspecified atom stereocenters. The predicted molar refractivity (Wildman–Crippen MR) is 103 cm³/mol. The van der Waals surface area contributed by atoms with Crippen molar-refractivity contribution >= 4 is 38.2 Å². The number of fused-ring (bicyclic) bond motifs is 1. The van der Waals surface area contributed by atoms with Crippen molar-refractivity contribution in [3.05, 3.63) is 65.6 Å². The zero-order valence-electron chi connectivity index (χ0n) is 14.4. The van der Waals surface area contributed by atoms with E-state index in [1.54, 1.807) is 0 Å². The number of piperazine rings is 1. The van der Waals surface area contributed by atoms with Crippen molar-refractivity contribution in [3.63, 3.8) is 0 Å². The zero-order chi connectivity index (χ0) is 19.0. The number of anilines is 1. The van der Waals surface area contributed by atoms with Crippen molar-refractivity contribution in [2.45, 2.75) is 4.90 Å². The Bertz CT molecular complexity index is 1100. The molecule has 1 aliphatic heterocycles. The van der Waals surface area contributed by atoms with Crippen LogP contribution in [0.4, 0.5) is 10.1 Å². The van der Waals surface area contributed by atoms with E-state index in [-0.39, 0.29) is 4.90 Å². The lowest BCUT2D eigenvalue weighted by molar-refractivity contribution is -0.344. The van der Waals surface area contributed by atoms with Crippen molar-refractivity contribution in [2.75, 3.05) is 31.1 Å². The Hall–Kier alpha value is -2.22. The van der Waals surface area contributed by atoms with Crippen LogP contribution in [0.2, 0.25) is 5.02 Å². The average molecular weight is 407 g/mol. The third kappa shape index (κ3) is 3.38. The Morgan fingerprint density at radius 3 is 2.48 bits per heavy atom. The summed E-state index contributed by atoms with van der Waals surface area (Å²) in [5.41, 5.74) is 1.93. The Balaban J connectivity index is 1.57. The smallest absolute Gasteiger partial charge is 0.246 e. The van der Waals surface area contributed by atoms with Crippen molar-refractivity contribution in [1.29, 1.82) is 0 Å². The minimum Gasteiger partial charge on any atom is -0.368 e. The van der Waals surface area contributed by atoms with Crippen LogP contribution in [-0.4, -0.2) is 38.9 Å². The van der Waals surface area contributed by atoms with Gasteiger partial charge in [-0.2, -0.15) is 4.31 Å². The molecule has 1 aromatic heterocycles. The van der Waals surface area contributed by atoms with E-state index in [2.05, 4.69) is 9.88 Å². The standard InChI is InChI=1S/C19H17ClFN3O2S/c20-14-5-6-15-17(13-14)22-8-7-18(15)23-9-11-24(12-10-23)27(25,26)19-4-2-1-3-16(19)21/h1-8,13H,9-12H2/p+1. The van der Waals surface area contributed by atoms with Crippen LogP contribution in [0.15, 0.2) is 59.6 Å². The second kappa shape index (κ2) is 7.07. The van der Waals surface area contributed by atoms with Gasteiger partial charge in [0.1, 0.15) is 10.7 Å². The fourth-order valence-corrected chi connectivity index (χ4v) is 5.06. The first-order chi connectivity index (χ1) is 13.0. The number of H-pyrrole nitrogens is 1. The van der Waals surface area contributed by atoms with E-state index >= 15 is 0 Å². The van der Waals surface area contributed by atoms with Gasteiger partial charge in [-0.05, 0) is 24.3 Å². The van der Waals surface area contributed by atoms with E-state index < -0.39 is 15.8 Å². The van der Waals surface area contributed by atoms with E-state index in [4.69, 9.17) is 11.6 Å². The first-order valence-corrected chi connectivity index (χ1v) is 10.4. The number of hydrogen-bond donors (Lipinski definition) is 0. The van der Waals surface area contributed by atoms with Crippen LogP contribution in [0, 0.1) is 5.82 Å². The fraction of sp³-hybridized carbons (Fsp3) is 0.211. The van der Waals surface area contributed by atoms with Crippen molar-refractivity contribution in [3.8, 4) is 0 Å². The highest BCUT2D eigenvalue weighted by molar-refractivity contribution is 7.89. The zero-order valence-corrected chi connectivity index (χ0v) is 16.0. The summed E-state index contributed by atoms with van der Waals surface area (Å²) in [5.74, 6) is -0.721. The molecule has 2 heterocycles. The lowest BCUT2D eigenvalue weighted by Crippen LogP contribution is -2.49. The molecule has 3 aromatic rings. The number of benzene rings is 2. The van der Waals surface area contributed by atoms with Crippen LogP contribution < -0.4 is 9.88 Å². The van der Waals surface area contributed by atoms with Gasteiger partial charge in [-0.3, -0.25) is 0 Å². The molecule has 2 aromatic carbocycles. The number of nitrogens with one attached hydrogen (secondary N) is 1. The molecule has 8 heteroatoms. The number of rotatable bonds is 3. The van der Waals surface area contributed by atoms with Gasteiger partial charge in [0.25, 0.3) is 0 Å². The maximum absolute atomic E-state index is 14.0. The van der Waals surface area contributed by atoms with Gasteiger partial charge < -0.3 is 4.90 Å². The van der Waals surface area contributed by atoms with Crippen LogP contribution in [-0.2, 0) is 10.0 Å². The Kier molecular flexibility index (Phi) is 4.75. The SMILES string of the molecule is O=S(=O)(c1ccccc1F)N1CCN(c2cc[nH+]c3cc(Cl)ccc23)CC1. The number of halogens is 2. The summed E-state index contributed by atoms with van der Waals surface area (Å²) in [7, 11) is -3.84. The van der Waals surface area contributed by atoms with Gasteiger partial charge in [0.2, 0.25) is 15.5 Å². The lowest BCUT2D eigenvalue weighted by Gasteiger charge is -2.35. The molecule has 27 heavy (non-hydrogen) atoms. The molecule has 0 radical (unpaired) electrons. The molecule has 0 aliphatic carbocycles. The van der Waals surface area contributed by atoms with Crippen LogP contribution in [0.5, 0.6) is 0 Å². The molecule has 0 bridgehead atoms.